The Morgan fingerprint density at radius 1 is 1.59 bits per heavy atom. The van der Waals surface area contributed by atoms with Crippen molar-refractivity contribution in [3.63, 3.8) is 0 Å². The topological polar surface area (TPSA) is 73.6 Å². The number of rotatable bonds is 4. The number of carbonyl (C=O) groups excluding carboxylic acids is 1. The number of carbonyl (C=O) groups is 1. The number of aryl methyl sites for hydroxylation is 1. The minimum atomic E-state index is -3.91. The molecule has 0 bridgehead atoms. The van der Waals surface area contributed by atoms with E-state index in [0.717, 1.165) is 6.07 Å². The van der Waals surface area contributed by atoms with Crippen LogP contribution in [0.15, 0.2) is 15.4 Å². The van der Waals surface area contributed by atoms with Crippen molar-refractivity contribution in [1.29, 1.82) is 0 Å². The average molecular weight is 281 g/mol. The molecule has 1 unspecified atom stereocenters. The first-order valence-electron chi connectivity index (χ1n) is 5.01. The van der Waals surface area contributed by atoms with Crippen molar-refractivity contribution >= 4 is 25.7 Å². The van der Waals surface area contributed by atoms with Crippen LogP contribution in [0.5, 0.6) is 0 Å². The van der Waals surface area contributed by atoms with Gasteiger partial charge < -0.3 is 9.15 Å². The highest BCUT2D eigenvalue weighted by molar-refractivity contribution is 8.13. The van der Waals surface area contributed by atoms with Gasteiger partial charge in [-0.05, 0) is 20.3 Å². The van der Waals surface area contributed by atoms with E-state index in [4.69, 9.17) is 19.8 Å². The Labute approximate surface area is 104 Å². The summed E-state index contributed by atoms with van der Waals surface area (Å²) in [7, 11) is 1.27. The Morgan fingerprint density at radius 3 is 2.59 bits per heavy atom. The molecule has 17 heavy (non-hydrogen) atoms. The number of ether oxygens (including phenoxy) is 1. The van der Waals surface area contributed by atoms with Crippen LogP contribution in [0.2, 0.25) is 0 Å². The van der Waals surface area contributed by atoms with E-state index in [1.165, 1.54) is 6.92 Å². The second-order valence-electron chi connectivity index (χ2n) is 3.59. The second-order valence-corrected chi connectivity index (χ2v) is 6.13. The SMILES string of the molecule is CCC(C)OC(=O)c1cc(S(=O)(=O)Cl)c(C)o1. The number of hydrogen-bond acceptors (Lipinski definition) is 5. The first-order valence-corrected chi connectivity index (χ1v) is 7.32. The maximum absolute atomic E-state index is 11.6. The molecule has 96 valence electrons. The third kappa shape index (κ3) is 3.47. The number of esters is 1. The summed E-state index contributed by atoms with van der Waals surface area (Å²) in [4.78, 5) is 11.3. The Balaban J connectivity index is 2.99. The van der Waals surface area contributed by atoms with Gasteiger partial charge in [0, 0.05) is 16.7 Å². The van der Waals surface area contributed by atoms with Crippen molar-refractivity contribution in [1.82, 2.24) is 0 Å². The van der Waals surface area contributed by atoms with Gasteiger partial charge in [0.1, 0.15) is 10.7 Å². The van der Waals surface area contributed by atoms with E-state index < -0.39 is 15.0 Å². The predicted molar refractivity (Wildman–Crippen MR) is 61.7 cm³/mol. The Kier molecular flexibility index (Phi) is 4.21. The van der Waals surface area contributed by atoms with Crippen LogP contribution in [0.3, 0.4) is 0 Å². The highest BCUT2D eigenvalue weighted by Crippen LogP contribution is 2.24. The summed E-state index contributed by atoms with van der Waals surface area (Å²) < 4.78 is 32.2. The van der Waals surface area contributed by atoms with Crippen molar-refractivity contribution in [3.8, 4) is 0 Å². The molecular weight excluding hydrogens is 268 g/mol. The van der Waals surface area contributed by atoms with Gasteiger partial charge in [-0.25, -0.2) is 13.2 Å². The normalized spacial score (nSPS) is 13.4. The molecule has 1 aromatic rings. The van der Waals surface area contributed by atoms with Crippen LogP contribution in [-0.4, -0.2) is 20.5 Å². The molecule has 0 spiro atoms. The van der Waals surface area contributed by atoms with Crippen molar-refractivity contribution in [2.75, 3.05) is 0 Å². The summed E-state index contributed by atoms with van der Waals surface area (Å²) >= 11 is 0. The van der Waals surface area contributed by atoms with Gasteiger partial charge in [-0.1, -0.05) is 6.92 Å². The summed E-state index contributed by atoms with van der Waals surface area (Å²) in [5.41, 5.74) is 0. The lowest BCUT2D eigenvalue weighted by molar-refractivity contribution is 0.0297. The highest BCUT2D eigenvalue weighted by Gasteiger charge is 2.23. The van der Waals surface area contributed by atoms with Gasteiger partial charge in [-0.2, -0.15) is 0 Å². The molecule has 1 atom stereocenters. The van der Waals surface area contributed by atoms with Gasteiger partial charge in [-0.15, -0.1) is 0 Å². The van der Waals surface area contributed by atoms with Crippen LogP contribution in [0.25, 0.3) is 0 Å². The summed E-state index contributed by atoms with van der Waals surface area (Å²) in [5, 5.41) is 0. The van der Waals surface area contributed by atoms with E-state index in [-0.39, 0.29) is 22.5 Å². The monoisotopic (exact) mass is 280 g/mol. The largest absolute Gasteiger partial charge is 0.457 e. The van der Waals surface area contributed by atoms with E-state index in [1.807, 2.05) is 6.92 Å². The lowest BCUT2D eigenvalue weighted by Crippen LogP contribution is -2.13. The first kappa shape index (κ1) is 14.1. The van der Waals surface area contributed by atoms with Crippen molar-refractivity contribution in [3.05, 3.63) is 17.6 Å². The molecular formula is C10H13ClO5S. The van der Waals surface area contributed by atoms with Crippen LogP contribution >= 0.6 is 10.7 Å². The average Bonchev–Trinajstić information content (AvgIpc) is 2.59. The third-order valence-corrected chi connectivity index (χ3v) is 3.65. The van der Waals surface area contributed by atoms with Crippen LogP contribution < -0.4 is 0 Å². The standard InChI is InChI=1S/C10H13ClO5S/c1-4-6(2)15-10(12)8-5-9(7(3)16-8)17(11,13)14/h5-6H,4H2,1-3H3. The molecule has 0 amide bonds. The number of hydrogen-bond donors (Lipinski definition) is 0. The molecule has 1 aromatic heterocycles. The first-order chi connectivity index (χ1) is 7.75. The molecule has 0 aliphatic rings. The maximum Gasteiger partial charge on any atom is 0.374 e. The maximum atomic E-state index is 11.6. The summed E-state index contributed by atoms with van der Waals surface area (Å²) in [6.45, 7) is 5.00. The predicted octanol–water partition coefficient (Wildman–Crippen LogP) is 2.47. The fourth-order valence-electron chi connectivity index (χ4n) is 1.13. The molecule has 0 fully saturated rings. The number of halogens is 1. The van der Waals surface area contributed by atoms with Gasteiger partial charge in [0.2, 0.25) is 5.76 Å². The van der Waals surface area contributed by atoms with E-state index in [9.17, 15) is 13.2 Å². The number of furan rings is 1. The van der Waals surface area contributed by atoms with Gasteiger partial charge in [-0.3, -0.25) is 0 Å². The van der Waals surface area contributed by atoms with Gasteiger partial charge in [0.25, 0.3) is 9.05 Å². The molecule has 0 saturated carbocycles. The molecule has 0 aliphatic heterocycles. The zero-order chi connectivity index (χ0) is 13.2. The molecule has 7 heteroatoms. The quantitative estimate of drug-likeness (QED) is 0.626. The smallest absolute Gasteiger partial charge is 0.374 e. The summed E-state index contributed by atoms with van der Waals surface area (Å²) in [6.07, 6.45) is 0.399. The van der Waals surface area contributed by atoms with Crippen LogP contribution in [0, 0.1) is 6.92 Å². The van der Waals surface area contributed by atoms with Gasteiger partial charge in [0.05, 0.1) is 6.10 Å². The fraction of sp³-hybridized carbons (Fsp3) is 0.500. The molecule has 0 aliphatic carbocycles. The van der Waals surface area contributed by atoms with Crippen molar-refractivity contribution in [2.24, 2.45) is 0 Å². The fourth-order valence-corrected chi connectivity index (χ4v) is 2.22. The minimum absolute atomic E-state index is 0.0658. The minimum Gasteiger partial charge on any atom is -0.457 e. The zero-order valence-corrected chi connectivity index (χ0v) is 11.3. The Hall–Kier alpha value is -1.01. The van der Waals surface area contributed by atoms with E-state index >= 15 is 0 Å². The Bertz CT molecular complexity index is 517. The third-order valence-electron chi connectivity index (χ3n) is 2.22. The molecule has 0 N–H and O–H groups in total. The Morgan fingerprint density at radius 2 is 2.18 bits per heavy atom. The summed E-state index contributed by atoms with van der Waals surface area (Å²) in [6, 6.07) is 1.07. The van der Waals surface area contributed by atoms with E-state index in [0.29, 0.717) is 6.42 Å². The van der Waals surface area contributed by atoms with Crippen molar-refractivity contribution < 1.29 is 22.4 Å². The second kappa shape index (κ2) is 5.10. The van der Waals surface area contributed by atoms with Crippen molar-refractivity contribution in [2.45, 2.75) is 38.2 Å². The zero-order valence-electron chi connectivity index (χ0n) is 9.69. The van der Waals surface area contributed by atoms with Crippen LogP contribution in [-0.2, 0) is 13.8 Å². The molecule has 1 heterocycles. The lowest BCUT2D eigenvalue weighted by atomic mass is 10.3. The van der Waals surface area contributed by atoms with Gasteiger partial charge in [0.15, 0.2) is 0 Å². The molecule has 0 aromatic carbocycles. The summed E-state index contributed by atoms with van der Waals surface area (Å²) in [5.74, 6) is -0.799. The molecule has 5 nitrogen and oxygen atoms in total. The van der Waals surface area contributed by atoms with Crippen LogP contribution in [0.4, 0.5) is 0 Å². The van der Waals surface area contributed by atoms with Gasteiger partial charge >= 0.3 is 5.97 Å². The van der Waals surface area contributed by atoms with E-state index in [1.54, 1.807) is 6.92 Å². The molecule has 0 radical (unpaired) electrons. The molecule has 0 saturated heterocycles. The highest BCUT2D eigenvalue weighted by atomic mass is 35.7. The van der Waals surface area contributed by atoms with Crippen LogP contribution in [0.1, 0.15) is 36.6 Å². The lowest BCUT2D eigenvalue weighted by Gasteiger charge is -2.08. The molecule has 1 rings (SSSR count). The van der Waals surface area contributed by atoms with E-state index in [2.05, 4.69) is 0 Å².